The zero-order valence-electron chi connectivity index (χ0n) is 31.9. The van der Waals surface area contributed by atoms with Crippen LogP contribution < -0.4 is 4.90 Å². The molecule has 3 heteroatoms. The van der Waals surface area contributed by atoms with Gasteiger partial charge in [-0.15, -0.1) is 0 Å². The third-order valence-electron chi connectivity index (χ3n) is 11.6. The second kappa shape index (κ2) is 15.7. The summed E-state index contributed by atoms with van der Waals surface area (Å²) >= 11 is 0. The van der Waals surface area contributed by atoms with Crippen LogP contribution in [0, 0.1) is 6.92 Å². The van der Waals surface area contributed by atoms with E-state index in [0.29, 0.717) is 6.42 Å². The van der Waals surface area contributed by atoms with Crippen LogP contribution in [0.3, 0.4) is 0 Å². The fourth-order valence-corrected chi connectivity index (χ4v) is 8.96. The van der Waals surface area contributed by atoms with E-state index in [0.717, 1.165) is 37.8 Å². The lowest BCUT2D eigenvalue weighted by Crippen LogP contribution is -2.31. The van der Waals surface area contributed by atoms with Crippen molar-refractivity contribution in [1.29, 1.82) is 0 Å². The summed E-state index contributed by atoms with van der Waals surface area (Å²) in [5, 5.41) is 14.3. The van der Waals surface area contributed by atoms with Crippen molar-refractivity contribution in [2.45, 2.75) is 70.1 Å². The van der Waals surface area contributed by atoms with Gasteiger partial charge in [-0.2, -0.15) is 0 Å². The summed E-state index contributed by atoms with van der Waals surface area (Å²) < 4.78 is 0. The van der Waals surface area contributed by atoms with E-state index in [1.807, 2.05) is 0 Å². The maximum atomic E-state index is 11.3. The second-order valence-corrected chi connectivity index (χ2v) is 15.4. The maximum Gasteiger partial charge on any atom is 0.303 e. The Labute approximate surface area is 321 Å². The van der Waals surface area contributed by atoms with Gasteiger partial charge in [0.1, 0.15) is 0 Å². The first-order valence-corrected chi connectivity index (χ1v) is 19.4. The van der Waals surface area contributed by atoms with E-state index in [2.05, 4.69) is 177 Å². The van der Waals surface area contributed by atoms with Crippen molar-refractivity contribution >= 4 is 33.2 Å². The highest BCUT2D eigenvalue weighted by Crippen LogP contribution is 2.53. The highest BCUT2D eigenvalue weighted by atomic mass is 16.4. The van der Waals surface area contributed by atoms with Crippen LogP contribution in [0.1, 0.15) is 67.3 Å². The molecule has 7 rings (SSSR count). The Bertz CT molecular complexity index is 2350. The van der Waals surface area contributed by atoms with Gasteiger partial charge in [0.05, 0.1) is 0 Å². The minimum absolute atomic E-state index is 0.207. The lowest BCUT2D eigenvalue weighted by Gasteiger charge is -2.34. The standard InChI is InChI=1S/C51H51NO2/c1-37-30-31-41-24-13-15-26-43(41)48(37)50(3,35-39-20-8-5-9-21-39)38(2)19-18-28-46-51(4,36-40-22-10-6-11-23-40)49-44-27-16-14-25-42(44)32-33-45(49)52(46)34-17-7-12-29-47(53)54/h5-6,8-11,13-16,18-28,30-33H,2,7,12,17,29,34-36H2,1,3-4H3,(H,53,54)/b19-18+,46-28+. The number of anilines is 1. The highest BCUT2D eigenvalue weighted by molar-refractivity contribution is 5.95. The van der Waals surface area contributed by atoms with Gasteiger partial charge in [-0.3, -0.25) is 4.79 Å². The van der Waals surface area contributed by atoms with Gasteiger partial charge in [-0.1, -0.05) is 159 Å². The number of aryl methyl sites for hydroxylation is 1. The number of unbranched alkanes of at least 4 members (excludes halogenated alkanes) is 2. The molecule has 1 aliphatic heterocycles. The van der Waals surface area contributed by atoms with Crippen LogP contribution in [0.2, 0.25) is 0 Å². The van der Waals surface area contributed by atoms with E-state index < -0.39 is 5.97 Å². The SMILES string of the molecule is C=C(/C=C/C=C1/N(CCCCCC(=O)O)c2ccc3ccccc3c2C1(C)Cc1ccccc1)C(C)(Cc1ccccc1)c1c(C)ccc2ccccc12. The van der Waals surface area contributed by atoms with E-state index in [1.165, 1.54) is 60.7 Å². The van der Waals surface area contributed by atoms with Gasteiger partial charge in [0.15, 0.2) is 0 Å². The minimum Gasteiger partial charge on any atom is -0.481 e. The first-order chi connectivity index (χ1) is 26.2. The van der Waals surface area contributed by atoms with Crippen molar-refractivity contribution < 1.29 is 9.90 Å². The fraction of sp³-hybridized carbons (Fsp3) is 0.235. The number of carboxylic acid groups (broad SMARTS) is 1. The normalized spacial score (nSPS) is 17.3. The van der Waals surface area contributed by atoms with Crippen LogP contribution in [-0.2, 0) is 28.5 Å². The second-order valence-electron chi connectivity index (χ2n) is 15.4. The van der Waals surface area contributed by atoms with Crippen molar-refractivity contribution in [2.24, 2.45) is 0 Å². The molecule has 0 aromatic heterocycles. The zero-order valence-corrected chi connectivity index (χ0v) is 31.9. The molecule has 3 nitrogen and oxygen atoms in total. The topological polar surface area (TPSA) is 40.5 Å². The predicted octanol–water partition coefficient (Wildman–Crippen LogP) is 12.5. The molecule has 272 valence electrons. The van der Waals surface area contributed by atoms with Gasteiger partial charge in [-0.25, -0.2) is 0 Å². The number of benzene rings is 6. The van der Waals surface area contributed by atoms with E-state index in [-0.39, 0.29) is 17.3 Å². The van der Waals surface area contributed by atoms with Crippen molar-refractivity contribution in [3.63, 3.8) is 0 Å². The van der Waals surface area contributed by atoms with Gasteiger partial charge in [-0.05, 0) is 107 Å². The Balaban J connectivity index is 1.34. The molecule has 6 aromatic carbocycles. The number of allylic oxidation sites excluding steroid dienone is 5. The molecule has 0 saturated heterocycles. The number of carbonyl (C=O) groups is 1. The molecule has 6 aromatic rings. The Morgan fingerprint density at radius 2 is 1.37 bits per heavy atom. The summed E-state index contributed by atoms with van der Waals surface area (Å²) in [6, 6.07) is 48.1. The minimum atomic E-state index is -0.729. The first kappa shape index (κ1) is 36.7. The molecule has 0 fully saturated rings. The average Bonchev–Trinajstić information content (AvgIpc) is 3.41. The van der Waals surface area contributed by atoms with E-state index >= 15 is 0 Å². The van der Waals surface area contributed by atoms with Crippen LogP contribution in [0.4, 0.5) is 5.69 Å². The third kappa shape index (κ3) is 7.28. The summed E-state index contributed by atoms with van der Waals surface area (Å²) in [4.78, 5) is 13.8. The molecule has 54 heavy (non-hydrogen) atoms. The average molecular weight is 710 g/mol. The Kier molecular flexibility index (Phi) is 10.7. The van der Waals surface area contributed by atoms with Crippen LogP contribution >= 0.6 is 0 Å². The number of aliphatic carboxylic acids is 1. The molecular weight excluding hydrogens is 659 g/mol. The van der Waals surface area contributed by atoms with Crippen molar-refractivity contribution in [2.75, 3.05) is 11.4 Å². The Hall–Kier alpha value is -5.67. The van der Waals surface area contributed by atoms with Crippen LogP contribution in [-0.4, -0.2) is 17.6 Å². The largest absolute Gasteiger partial charge is 0.481 e. The monoisotopic (exact) mass is 709 g/mol. The number of carboxylic acids is 1. The zero-order chi connectivity index (χ0) is 37.7. The van der Waals surface area contributed by atoms with Gasteiger partial charge < -0.3 is 10.0 Å². The third-order valence-corrected chi connectivity index (χ3v) is 11.6. The molecule has 0 bridgehead atoms. The molecule has 2 atom stereocenters. The number of hydrogen-bond donors (Lipinski definition) is 1. The van der Waals surface area contributed by atoms with E-state index in [4.69, 9.17) is 6.58 Å². The van der Waals surface area contributed by atoms with E-state index in [9.17, 15) is 9.90 Å². The predicted molar refractivity (Wildman–Crippen MR) is 227 cm³/mol. The van der Waals surface area contributed by atoms with Crippen LogP contribution in [0.5, 0.6) is 0 Å². The molecule has 0 aliphatic carbocycles. The number of rotatable bonds is 14. The van der Waals surface area contributed by atoms with Gasteiger partial charge in [0, 0.05) is 35.2 Å². The van der Waals surface area contributed by atoms with Crippen molar-refractivity contribution in [3.05, 3.63) is 197 Å². The Morgan fingerprint density at radius 1 is 0.759 bits per heavy atom. The fourth-order valence-electron chi connectivity index (χ4n) is 8.96. The molecule has 0 spiro atoms. The number of hydrogen-bond acceptors (Lipinski definition) is 2. The summed E-state index contributed by atoms with van der Waals surface area (Å²) in [5.41, 5.74) is 9.40. The van der Waals surface area contributed by atoms with Gasteiger partial charge >= 0.3 is 5.97 Å². The summed E-state index contributed by atoms with van der Waals surface area (Å²) in [7, 11) is 0. The lowest BCUT2D eigenvalue weighted by molar-refractivity contribution is -0.137. The molecule has 1 N–H and O–H groups in total. The molecule has 1 heterocycles. The summed E-state index contributed by atoms with van der Waals surface area (Å²) in [5.74, 6) is -0.729. The smallest absolute Gasteiger partial charge is 0.303 e. The molecule has 0 radical (unpaired) electrons. The van der Waals surface area contributed by atoms with E-state index in [1.54, 1.807) is 0 Å². The quantitative estimate of drug-likeness (QED) is 0.0904. The molecule has 2 unspecified atom stereocenters. The van der Waals surface area contributed by atoms with Crippen LogP contribution in [0.25, 0.3) is 21.5 Å². The van der Waals surface area contributed by atoms with Crippen molar-refractivity contribution in [1.82, 2.24) is 0 Å². The molecule has 0 saturated carbocycles. The maximum absolute atomic E-state index is 11.3. The molecule has 1 aliphatic rings. The highest BCUT2D eigenvalue weighted by Gasteiger charge is 2.44. The van der Waals surface area contributed by atoms with Crippen molar-refractivity contribution in [3.8, 4) is 0 Å². The van der Waals surface area contributed by atoms with Crippen LogP contribution in [0.15, 0.2) is 170 Å². The number of nitrogens with zero attached hydrogens (tertiary/aromatic N) is 1. The summed E-state index contributed by atoms with van der Waals surface area (Å²) in [6.07, 6.45) is 11.1. The molecular formula is C51H51NO2. The molecule has 0 amide bonds. The first-order valence-electron chi connectivity index (χ1n) is 19.4. The van der Waals surface area contributed by atoms with Gasteiger partial charge in [0.25, 0.3) is 0 Å². The summed E-state index contributed by atoms with van der Waals surface area (Å²) in [6.45, 7) is 12.6. The Morgan fingerprint density at radius 3 is 2.07 bits per heavy atom. The number of fused-ring (bicyclic) bond motifs is 4. The lowest BCUT2D eigenvalue weighted by atomic mass is 9.69. The van der Waals surface area contributed by atoms with Gasteiger partial charge in [0.2, 0.25) is 0 Å².